The molecule has 2 saturated carbocycles. The second-order valence-corrected chi connectivity index (χ2v) is 10.6. The number of carbonyl (C=O) groups excluding carboxylic acids is 4. The van der Waals surface area contributed by atoms with E-state index < -0.39 is 30.3 Å². The zero-order valence-corrected chi connectivity index (χ0v) is 20.9. The number of halogens is 4. The number of nitrogens with one attached hydrogen (secondary N) is 1. The summed E-state index contributed by atoms with van der Waals surface area (Å²) in [6.07, 6.45) is 0.664. The Bertz CT molecular complexity index is 1220. The Labute approximate surface area is 220 Å². The van der Waals surface area contributed by atoms with Crippen molar-refractivity contribution in [2.24, 2.45) is 23.7 Å². The molecule has 2 aromatic rings. The molecule has 0 aromatic heterocycles. The van der Waals surface area contributed by atoms with E-state index in [1.807, 2.05) is 0 Å². The van der Waals surface area contributed by atoms with Gasteiger partial charge in [0.1, 0.15) is 0 Å². The maximum Gasteiger partial charge on any atom is 0.338 e. The van der Waals surface area contributed by atoms with Crippen LogP contribution in [0.5, 0.6) is 0 Å². The van der Waals surface area contributed by atoms with Crippen LogP contribution in [0.4, 0.5) is 11.4 Å². The molecule has 7 nitrogen and oxygen atoms in total. The van der Waals surface area contributed by atoms with E-state index >= 15 is 0 Å². The number of ether oxygens (including phenoxy) is 1. The monoisotopic (exact) mass is 554 g/mol. The minimum atomic E-state index is -0.791. The van der Waals surface area contributed by atoms with Crippen LogP contribution in [0.25, 0.3) is 0 Å². The first kappa shape index (κ1) is 24.4. The second-order valence-electron chi connectivity index (χ2n) is 8.79. The number of benzene rings is 2. The van der Waals surface area contributed by atoms with Crippen LogP contribution in [0.2, 0.25) is 10.0 Å². The lowest BCUT2D eigenvalue weighted by molar-refractivity contribution is -0.123. The Balaban J connectivity index is 1.27. The smallest absolute Gasteiger partial charge is 0.338 e. The van der Waals surface area contributed by atoms with Gasteiger partial charge in [-0.1, -0.05) is 35.3 Å². The van der Waals surface area contributed by atoms with Crippen molar-refractivity contribution in [3.8, 4) is 0 Å². The van der Waals surface area contributed by atoms with E-state index in [4.69, 9.17) is 51.1 Å². The van der Waals surface area contributed by atoms with Gasteiger partial charge < -0.3 is 10.1 Å². The minimum absolute atomic E-state index is 0.0853. The first-order chi connectivity index (χ1) is 16.7. The SMILES string of the molecule is O=C(COC(=O)c1cccc(N2C(=O)[C@@H]3[C@H]4C[C@@H]([C@H](Cl)[C@H]4Cl)[C@H]3C2=O)c1)Nc1cccc(Cl)c1Cl. The molecular formula is C24H18Cl4N2O5. The lowest BCUT2D eigenvalue weighted by atomic mass is 9.80. The molecule has 182 valence electrons. The molecule has 35 heavy (non-hydrogen) atoms. The fourth-order valence-electron chi connectivity index (χ4n) is 5.38. The highest BCUT2D eigenvalue weighted by Gasteiger charge is 2.66. The number of anilines is 2. The van der Waals surface area contributed by atoms with Gasteiger partial charge in [-0.2, -0.15) is 0 Å². The Kier molecular flexibility index (Phi) is 6.46. The van der Waals surface area contributed by atoms with Crippen LogP contribution >= 0.6 is 46.4 Å². The van der Waals surface area contributed by atoms with Gasteiger partial charge in [0.25, 0.3) is 5.91 Å². The van der Waals surface area contributed by atoms with Gasteiger partial charge in [0, 0.05) is 0 Å². The summed E-state index contributed by atoms with van der Waals surface area (Å²) < 4.78 is 5.10. The summed E-state index contributed by atoms with van der Waals surface area (Å²) in [6.45, 7) is -0.574. The summed E-state index contributed by atoms with van der Waals surface area (Å²) in [5.41, 5.74) is 0.629. The topological polar surface area (TPSA) is 92.8 Å². The molecule has 5 rings (SSSR count). The molecular weight excluding hydrogens is 538 g/mol. The van der Waals surface area contributed by atoms with E-state index in [-0.39, 0.29) is 61.4 Å². The van der Waals surface area contributed by atoms with Gasteiger partial charge in [-0.25, -0.2) is 4.79 Å². The van der Waals surface area contributed by atoms with Crippen LogP contribution in [-0.4, -0.2) is 41.1 Å². The molecule has 0 spiro atoms. The third-order valence-electron chi connectivity index (χ3n) is 6.89. The molecule has 1 heterocycles. The van der Waals surface area contributed by atoms with Crippen molar-refractivity contribution in [1.82, 2.24) is 0 Å². The normalized spacial score (nSPS) is 28.9. The van der Waals surface area contributed by atoms with E-state index in [1.165, 1.54) is 18.2 Å². The number of hydrogen-bond acceptors (Lipinski definition) is 5. The highest BCUT2D eigenvalue weighted by molar-refractivity contribution is 6.44. The molecule has 2 aromatic carbocycles. The van der Waals surface area contributed by atoms with Gasteiger partial charge in [0.05, 0.1) is 49.6 Å². The summed E-state index contributed by atoms with van der Waals surface area (Å²) in [5, 5.41) is 2.25. The average molecular weight is 556 g/mol. The number of nitrogens with zero attached hydrogens (tertiary/aromatic N) is 1. The van der Waals surface area contributed by atoms with Crippen LogP contribution in [0.15, 0.2) is 42.5 Å². The Hall–Kier alpha value is -2.32. The van der Waals surface area contributed by atoms with Crippen molar-refractivity contribution in [3.05, 3.63) is 58.1 Å². The van der Waals surface area contributed by atoms with Crippen LogP contribution in [0, 0.1) is 23.7 Å². The maximum atomic E-state index is 13.2. The van der Waals surface area contributed by atoms with Crippen LogP contribution in [-0.2, 0) is 19.1 Å². The van der Waals surface area contributed by atoms with Gasteiger partial charge in [-0.3, -0.25) is 19.3 Å². The van der Waals surface area contributed by atoms with Crippen molar-refractivity contribution < 1.29 is 23.9 Å². The lowest BCUT2D eigenvalue weighted by Gasteiger charge is -2.28. The molecule has 0 unspecified atom stereocenters. The second kappa shape index (κ2) is 9.28. The first-order valence-electron chi connectivity index (χ1n) is 10.9. The number of hydrogen-bond donors (Lipinski definition) is 1. The van der Waals surface area contributed by atoms with Crippen LogP contribution in [0.1, 0.15) is 16.8 Å². The number of rotatable bonds is 5. The number of amides is 3. The standard InChI is InChI=1S/C24H18Cl4N2O5/c25-14-5-2-6-15(21(14)28)29-16(31)9-35-24(34)10-3-1-4-11(7-10)30-22(32)17-12-8-13(18(17)23(30)33)20(27)19(12)26/h1-7,12-13,17-20H,8-9H2,(H,29,31)/t12-,13-,17-,18-,19+,20+/m1/s1. The van der Waals surface area contributed by atoms with Crippen LogP contribution in [0.3, 0.4) is 0 Å². The Morgan fingerprint density at radius 2 is 1.60 bits per heavy atom. The number of carbonyl (C=O) groups is 4. The van der Waals surface area contributed by atoms with Crippen molar-refractivity contribution >= 4 is 81.5 Å². The van der Waals surface area contributed by atoms with Gasteiger partial charge in [0.15, 0.2) is 6.61 Å². The predicted octanol–water partition coefficient (Wildman–Crippen LogP) is 4.76. The van der Waals surface area contributed by atoms with Crippen molar-refractivity contribution in [2.75, 3.05) is 16.8 Å². The molecule has 6 atom stereocenters. The van der Waals surface area contributed by atoms with E-state index in [0.29, 0.717) is 6.42 Å². The molecule has 1 saturated heterocycles. The van der Waals surface area contributed by atoms with Crippen molar-refractivity contribution in [1.29, 1.82) is 0 Å². The molecule has 3 aliphatic rings. The zero-order chi connectivity index (χ0) is 25.0. The lowest BCUT2D eigenvalue weighted by Crippen LogP contribution is -2.37. The average Bonchev–Trinajstić information content (AvgIpc) is 3.45. The molecule has 3 amide bonds. The van der Waals surface area contributed by atoms with Crippen molar-refractivity contribution in [2.45, 2.75) is 17.2 Å². The van der Waals surface area contributed by atoms with E-state index in [9.17, 15) is 19.2 Å². The zero-order valence-electron chi connectivity index (χ0n) is 17.9. The number of alkyl halides is 2. The molecule has 2 bridgehead atoms. The summed E-state index contributed by atoms with van der Waals surface area (Å²) in [4.78, 5) is 52.2. The third kappa shape index (κ3) is 4.08. The van der Waals surface area contributed by atoms with Crippen LogP contribution < -0.4 is 10.2 Å². The fourth-order valence-corrected chi connectivity index (χ4v) is 6.62. The largest absolute Gasteiger partial charge is 0.452 e. The van der Waals surface area contributed by atoms with Gasteiger partial charge in [-0.05, 0) is 48.6 Å². The number of fused-ring (bicyclic) bond motifs is 5. The molecule has 3 fully saturated rings. The highest BCUT2D eigenvalue weighted by Crippen LogP contribution is 2.59. The minimum Gasteiger partial charge on any atom is -0.452 e. The van der Waals surface area contributed by atoms with E-state index in [1.54, 1.807) is 24.3 Å². The molecule has 1 N–H and O–H groups in total. The van der Waals surface area contributed by atoms with Gasteiger partial charge in [-0.15, -0.1) is 23.2 Å². The quantitative estimate of drug-likeness (QED) is 0.326. The number of imide groups is 1. The summed E-state index contributed by atoms with van der Waals surface area (Å²) in [7, 11) is 0. The predicted molar refractivity (Wildman–Crippen MR) is 132 cm³/mol. The molecule has 0 radical (unpaired) electrons. The summed E-state index contributed by atoms with van der Waals surface area (Å²) in [6, 6.07) is 10.7. The summed E-state index contributed by atoms with van der Waals surface area (Å²) in [5.74, 6) is -3.34. The van der Waals surface area contributed by atoms with Gasteiger partial charge >= 0.3 is 5.97 Å². The molecule has 1 aliphatic heterocycles. The Morgan fingerprint density at radius 1 is 0.971 bits per heavy atom. The van der Waals surface area contributed by atoms with Crippen molar-refractivity contribution in [3.63, 3.8) is 0 Å². The third-order valence-corrected chi connectivity index (χ3v) is 9.03. The molecule has 2 aliphatic carbocycles. The Morgan fingerprint density at radius 3 is 2.26 bits per heavy atom. The number of esters is 1. The maximum absolute atomic E-state index is 13.2. The van der Waals surface area contributed by atoms with Gasteiger partial charge in [0.2, 0.25) is 11.8 Å². The summed E-state index contributed by atoms with van der Waals surface area (Å²) >= 11 is 24.8. The molecule has 11 heteroatoms. The first-order valence-corrected chi connectivity index (χ1v) is 12.5. The highest BCUT2D eigenvalue weighted by atomic mass is 35.5. The van der Waals surface area contributed by atoms with E-state index in [0.717, 1.165) is 4.90 Å². The fraction of sp³-hybridized carbons (Fsp3) is 0.333. The van der Waals surface area contributed by atoms with E-state index in [2.05, 4.69) is 5.32 Å².